The van der Waals surface area contributed by atoms with Crippen LogP contribution >= 0.6 is 0 Å². The second-order valence-electron chi connectivity index (χ2n) is 0.883. The van der Waals surface area contributed by atoms with E-state index in [1.54, 1.807) is 0 Å². The Balaban J connectivity index is -0.0000000383. The van der Waals surface area contributed by atoms with Crippen molar-refractivity contribution in [3.8, 4) is 0 Å². The first-order valence-corrected chi connectivity index (χ1v) is 3.33. The number of carboxylic acid groups (broad SMARTS) is 2. The van der Waals surface area contributed by atoms with Crippen LogP contribution in [0.4, 0.5) is 4.79 Å². The molecule has 0 aromatic carbocycles. The van der Waals surface area contributed by atoms with Crippen molar-refractivity contribution in [2.24, 2.45) is 0 Å². The van der Waals surface area contributed by atoms with Gasteiger partial charge in [-0.1, -0.05) is 0 Å². The molecule has 0 radical (unpaired) electrons. The molecule has 0 aliphatic rings. The molecular weight excluding hydrogens is 208 g/mol. The first-order chi connectivity index (χ1) is 3.73. The predicted octanol–water partition coefficient (Wildman–Crippen LogP) is -4.13. The van der Waals surface area contributed by atoms with Crippen molar-refractivity contribution >= 4 is 52.9 Å². The summed E-state index contributed by atoms with van der Waals surface area (Å²) < 4.78 is 0. The van der Waals surface area contributed by atoms with Crippen molar-refractivity contribution in [2.75, 3.05) is 0 Å². The Morgan fingerprint density at radius 2 is 1.00 bits per heavy atom. The van der Waals surface area contributed by atoms with E-state index >= 15 is 0 Å². The summed E-state index contributed by atoms with van der Waals surface area (Å²) in [6.07, 6.45) is -1.83. The van der Waals surface area contributed by atoms with E-state index in [4.69, 9.17) is 34.2 Å². The second kappa shape index (κ2) is 10.5. The van der Waals surface area contributed by atoms with Crippen molar-refractivity contribution in [1.82, 2.24) is 0 Å². The summed E-state index contributed by atoms with van der Waals surface area (Å²) in [6.45, 7) is 0. The maximum absolute atomic E-state index is 8.56. The fourth-order valence-corrected chi connectivity index (χ4v) is 0. The van der Waals surface area contributed by atoms with Gasteiger partial charge < -0.3 is 34.9 Å². The molecule has 0 saturated heterocycles. The summed E-state index contributed by atoms with van der Waals surface area (Å²) in [6, 6.07) is 0. The van der Waals surface area contributed by atoms with Crippen LogP contribution in [0.5, 0.6) is 0 Å². The molecule has 0 aliphatic heterocycles. The predicted molar refractivity (Wildman–Crippen MR) is 37.4 cm³/mol. The van der Waals surface area contributed by atoms with E-state index in [0.29, 0.717) is 0 Å². The number of hydrogen-bond acceptors (Lipinski definition) is 5. The number of rotatable bonds is 0. The van der Waals surface area contributed by atoms with Gasteiger partial charge in [0.2, 0.25) is 0 Å². The molecule has 0 heterocycles. The van der Waals surface area contributed by atoms with Crippen LogP contribution in [0, 0.1) is 0 Å². The van der Waals surface area contributed by atoms with Gasteiger partial charge in [0.15, 0.2) is 0 Å². The van der Waals surface area contributed by atoms with Gasteiger partial charge in [-0.2, -0.15) is 0 Å². The van der Waals surface area contributed by atoms with E-state index in [9.17, 15) is 0 Å². The first kappa shape index (κ1) is 22.6. The molecule has 11 heavy (non-hydrogen) atoms. The summed E-state index contributed by atoms with van der Waals surface area (Å²) in [5.74, 6) is 0. The normalized spacial score (nSPS) is 7.64. The van der Waals surface area contributed by atoms with Gasteiger partial charge in [-0.15, -0.1) is 0 Å². The molecule has 8 N–H and O–H groups in total. The Hall–Kier alpha value is 0.547. The van der Waals surface area contributed by atoms with Gasteiger partial charge >= 0.3 is 52.9 Å². The third kappa shape index (κ3) is 2580. The molecule has 0 atom stereocenters. The molecule has 0 bridgehead atoms. The van der Waals surface area contributed by atoms with Crippen molar-refractivity contribution in [3.05, 3.63) is 0 Å². The van der Waals surface area contributed by atoms with Crippen LogP contribution in [0.25, 0.3) is 0 Å². The van der Waals surface area contributed by atoms with Gasteiger partial charge in [-0.3, -0.25) is 0 Å². The Morgan fingerprint density at radius 3 is 1.00 bits per heavy atom. The van der Waals surface area contributed by atoms with E-state index < -0.39 is 15.2 Å². The SMILES string of the molecule is O.O=C(O)O.O[Si](O)(O)O.[CaH2]. The summed E-state index contributed by atoms with van der Waals surface area (Å²) in [7, 11) is -4.61. The molecule has 68 valence electrons. The van der Waals surface area contributed by atoms with Crippen molar-refractivity contribution in [1.29, 1.82) is 0 Å². The molecule has 0 spiro atoms. The maximum atomic E-state index is 8.56. The first-order valence-electron chi connectivity index (χ1n) is 1.55. The zero-order valence-electron chi connectivity index (χ0n) is 4.59. The Bertz CT molecular complexity index is 76.6. The van der Waals surface area contributed by atoms with Gasteiger partial charge in [-0.05, 0) is 0 Å². The van der Waals surface area contributed by atoms with Crippen LogP contribution in [0.2, 0.25) is 0 Å². The molecular formula is CH10CaO8Si. The summed E-state index contributed by atoms with van der Waals surface area (Å²) in [4.78, 5) is 37.9. The van der Waals surface area contributed by atoms with E-state index in [1.807, 2.05) is 0 Å². The molecule has 0 fully saturated rings. The Labute approximate surface area is 92.1 Å². The third-order valence-corrected chi connectivity index (χ3v) is 0. The van der Waals surface area contributed by atoms with Gasteiger partial charge in [-0.25, -0.2) is 4.79 Å². The monoisotopic (exact) mass is 218 g/mol. The van der Waals surface area contributed by atoms with Gasteiger partial charge in [0.25, 0.3) is 0 Å². The van der Waals surface area contributed by atoms with Gasteiger partial charge in [0.1, 0.15) is 0 Å². The van der Waals surface area contributed by atoms with Crippen LogP contribution in [0.1, 0.15) is 0 Å². The Morgan fingerprint density at radius 1 is 1.00 bits per heavy atom. The Kier molecular flexibility index (Phi) is 21.6. The average molecular weight is 218 g/mol. The molecule has 0 aliphatic carbocycles. The standard InChI is InChI=1S/CH2O3.Ca.H4O4Si.H2O.2H/c2-1(3)4;;1-5(2,3)4;;;/h(H2,2,3,4);;1-4H;1H2;;. The minimum atomic E-state index is -4.61. The van der Waals surface area contributed by atoms with E-state index in [2.05, 4.69) is 0 Å². The van der Waals surface area contributed by atoms with Crippen molar-refractivity contribution in [3.63, 3.8) is 0 Å². The molecule has 0 amide bonds. The molecule has 0 rings (SSSR count). The van der Waals surface area contributed by atoms with E-state index in [-0.39, 0.29) is 43.2 Å². The average Bonchev–Trinajstić information content (AvgIpc) is 1.19. The van der Waals surface area contributed by atoms with Gasteiger partial charge in [0.05, 0.1) is 0 Å². The van der Waals surface area contributed by atoms with Crippen LogP contribution in [0.3, 0.4) is 0 Å². The molecule has 8 nitrogen and oxygen atoms in total. The number of carbonyl (C=O) groups is 1. The van der Waals surface area contributed by atoms with E-state index in [0.717, 1.165) is 0 Å². The fraction of sp³-hybridized carbons (Fsp3) is 0. The zero-order valence-corrected chi connectivity index (χ0v) is 5.59. The molecule has 0 aromatic rings. The molecule has 0 unspecified atom stereocenters. The third-order valence-electron chi connectivity index (χ3n) is 0. The van der Waals surface area contributed by atoms with Crippen molar-refractivity contribution < 1.29 is 39.7 Å². The van der Waals surface area contributed by atoms with Crippen molar-refractivity contribution in [2.45, 2.75) is 0 Å². The zero-order chi connectivity index (χ0) is 8.08. The van der Waals surface area contributed by atoms with Crippen LogP contribution in [0.15, 0.2) is 0 Å². The van der Waals surface area contributed by atoms with E-state index in [1.165, 1.54) is 0 Å². The summed E-state index contributed by atoms with van der Waals surface area (Å²) in [5.41, 5.74) is 0. The second-order valence-corrected chi connectivity index (χ2v) is 2.08. The topological polar surface area (TPSA) is 170 Å². The number of hydrogen-bond donors (Lipinski definition) is 6. The van der Waals surface area contributed by atoms with Crippen LogP contribution in [-0.4, -0.2) is 87.8 Å². The molecule has 10 heteroatoms. The van der Waals surface area contributed by atoms with Crippen LogP contribution < -0.4 is 0 Å². The van der Waals surface area contributed by atoms with Gasteiger partial charge in [0, 0.05) is 0 Å². The fourth-order valence-electron chi connectivity index (χ4n) is 0. The van der Waals surface area contributed by atoms with Crippen LogP contribution in [-0.2, 0) is 0 Å². The molecule has 0 aromatic heterocycles. The summed E-state index contributed by atoms with van der Waals surface area (Å²) in [5, 5.41) is 13.9. The minimum absolute atomic E-state index is 0. The molecule has 0 saturated carbocycles. The quantitative estimate of drug-likeness (QED) is 0.224. The summed E-state index contributed by atoms with van der Waals surface area (Å²) >= 11 is 0.